The highest BCUT2D eigenvalue weighted by Crippen LogP contribution is 2.52. The lowest BCUT2D eigenvalue weighted by molar-refractivity contribution is 0.374. The van der Waals surface area contributed by atoms with Crippen LogP contribution >= 0.6 is 0 Å². The van der Waals surface area contributed by atoms with Crippen LogP contribution in [0.4, 0.5) is 0 Å². The van der Waals surface area contributed by atoms with E-state index in [0.29, 0.717) is 5.66 Å². The summed E-state index contributed by atoms with van der Waals surface area (Å²) in [5.41, 5.74) is 7.04. The number of hydrogen-bond acceptors (Lipinski definition) is 2. The first kappa shape index (κ1) is 4.69. The maximum Gasteiger partial charge on any atom is 0.0974 e. The van der Waals surface area contributed by atoms with E-state index in [9.17, 15) is 0 Å². The minimum absolute atomic E-state index is 0.461. The molecule has 2 saturated carbocycles. The van der Waals surface area contributed by atoms with Crippen LogP contribution in [0.3, 0.4) is 0 Å². The van der Waals surface area contributed by atoms with E-state index >= 15 is 0 Å². The Morgan fingerprint density at radius 1 is 1.22 bits per heavy atom. The Balaban J connectivity index is 1.96. The Labute approximate surface area is 55.0 Å². The minimum Gasteiger partial charge on any atom is -0.235 e. The summed E-state index contributed by atoms with van der Waals surface area (Å²) in [6, 6.07) is 0. The van der Waals surface area contributed by atoms with Gasteiger partial charge in [-0.15, -0.1) is 0 Å². The standard InChI is InChI=1S/C7H12N2/c1-2-6-3-5(1)4-7(6)8-9-7/h5-6,8-9H,1-4H2/t5-,6+/m0/s1. The van der Waals surface area contributed by atoms with Gasteiger partial charge in [0.15, 0.2) is 0 Å². The predicted molar refractivity (Wildman–Crippen MR) is 34.5 cm³/mol. The van der Waals surface area contributed by atoms with E-state index in [4.69, 9.17) is 0 Å². The van der Waals surface area contributed by atoms with E-state index in [1.807, 2.05) is 0 Å². The highest BCUT2D eigenvalue weighted by atomic mass is 15.7. The molecule has 1 heterocycles. The molecule has 0 unspecified atom stereocenters. The molecule has 50 valence electrons. The number of nitrogens with one attached hydrogen (secondary N) is 2. The van der Waals surface area contributed by atoms with Gasteiger partial charge in [0, 0.05) is 0 Å². The number of hydrazine groups is 1. The van der Waals surface area contributed by atoms with Gasteiger partial charge < -0.3 is 0 Å². The van der Waals surface area contributed by atoms with Crippen molar-refractivity contribution >= 4 is 0 Å². The topological polar surface area (TPSA) is 43.9 Å². The van der Waals surface area contributed by atoms with E-state index < -0.39 is 0 Å². The van der Waals surface area contributed by atoms with Crippen LogP contribution in [0.1, 0.15) is 25.7 Å². The molecule has 1 aliphatic heterocycles. The number of rotatable bonds is 0. The first-order valence-electron chi connectivity index (χ1n) is 3.93. The largest absolute Gasteiger partial charge is 0.235 e. The lowest BCUT2D eigenvalue weighted by Crippen LogP contribution is -2.25. The quantitative estimate of drug-likeness (QED) is 0.465. The van der Waals surface area contributed by atoms with Gasteiger partial charge in [-0.05, 0) is 37.5 Å². The zero-order valence-corrected chi connectivity index (χ0v) is 5.48. The summed E-state index contributed by atoms with van der Waals surface area (Å²) in [6.45, 7) is 0. The zero-order chi connectivity index (χ0) is 5.90. The molecule has 3 fully saturated rings. The van der Waals surface area contributed by atoms with Crippen molar-refractivity contribution in [3.63, 3.8) is 0 Å². The second kappa shape index (κ2) is 1.18. The molecule has 2 bridgehead atoms. The third kappa shape index (κ3) is 0.447. The van der Waals surface area contributed by atoms with Crippen molar-refractivity contribution in [2.45, 2.75) is 31.3 Å². The Bertz CT molecular complexity index is 151. The van der Waals surface area contributed by atoms with E-state index in [-0.39, 0.29) is 0 Å². The summed E-state index contributed by atoms with van der Waals surface area (Å²) in [6.07, 6.45) is 5.85. The Morgan fingerprint density at radius 3 is 2.44 bits per heavy atom. The van der Waals surface area contributed by atoms with E-state index in [0.717, 1.165) is 11.8 Å². The molecular formula is C7H12N2. The van der Waals surface area contributed by atoms with Gasteiger partial charge in [0.2, 0.25) is 0 Å². The number of hydrogen-bond donors (Lipinski definition) is 2. The first-order chi connectivity index (χ1) is 4.39. The molecule has 3 aliphatic rings. The molecule has 2 aliphatic carbocycles. The summed E-state index contributed by atoms with van der Waals surface area (Å²) in [7, 11) is 0. The Hall–Kier alpha value is -0.0800. The summed E-state index contributed by atoms with van der Waals surface area (Å²) in [5.74, 6) is 2.03. The van der Waals surface area contributed by atoms with Crippen LogP contribution in [0, 0.1) is 11.8 Å². The van der Waals surface area contributed by atoms with Crippen molar-refractivity contribution < 1.29 is 0 Å². The van der Waals surface area contributed by atoms with E-state index in [1.165, 1.54) is 25.7 Å². The average molecular weight is 124 g/mol. The van der Waals surface area contributed by atoms with Crippen molar-refractivity contribution in [1.82, 2.24) is 10.9 Å². The molecule has 0 aromatic carbocycles. The summed E-state index contributed by atoms with van der Waals surface area (Å²) >= 11 is 0. The molecule has 0 aromatic rings. The molecule has 9 heavy (non-hydrogen) atoms. The highest BCUT2D eigenvalue weighted by Gasteiger charge is 2.58. The molecule has 3 rings (SSSR count). The predicted octanol–water partition coefficient (Wildman–Crippen LogP) is 0.610. The van der Waals surface area contributed by atoms with Crippen LogP contribution in [-0.4, -0.2) is 5.66 Å². The van der Waals surface area contributed by atoms with Crippen LogP contribution in [0.2, 0.25) is 0 Å². The molecule has 2 atom stereocenters. The third-order valence-electron chi connectivity index (χ3n) is 3.29. The van der Waals surface area contributed by atoms with Gasteiger partial charge in [-0.1, -0.05) is 0 Å². The highest BCUT2D eigenvalue weighted by molar-refractivity contribution is 5.10. The van der Waals surface area contributed by atoms with Gasteiger partial charge in [0.25, 0.3) is 0 Å². The molecule has 2 nitrogen and oxygen atoms in total. The second-order valence-electron chi connectivity index (χ2n) is 3.80. The van der Waals surface area contributed by atoms with E-state index in [1.54, 1.807) is 0 Å². The van der Waals surface area contributed by atoms with Gasteiger partial charge in [0.05, 0.1) is 5.66 Å². The van der Waals surface area contributed by atoms with Crippen molar-refractivity contribution in [2.75, 3.05) is 0 Å². The monoisotopic (exact) mass is 124 g/mol. The van der Waals surface area contributed by atoms with Gasteiger partial charge >= 0.3 is 0 Å². The van der Waals surface area contributed by atoms with Crippen molar-refractivity contribution in [3.05, 3.63) is 0 Å². The van der Waals surface area contributed by atoms with E-state index in [2.05, 4.69) is 10.9 Å². The molecule has 2 heteroatoms. The van der Waals surface area contributed by atoms with Crippen LogP contribution in [-0.2, 0) is 0 Å². The second-order valence-corrected chi connectivity index (χ2v) is 3.80. The molecule has 0 radical (unpaired) electrons. The minimum atomic E-state index is 0.461. The molecule has 1 saturated heterocycles. The molecule has 1 spiro atoms. The number of fused-ring (bicyclic) bond motifs is 3. The van der Waals surface area contributed by atoms with Gasteiger partial charge in [-0.2, -0.15) is 0 Å². The maximum absolute atomic E-state index is 3.29. The Morgan fingerprint density at radius 2 is 2.11 bits per heavy atom. The van der Waals surface area contributed by atoms with Crippen LogP contribution in [0.5, 0.6) is 0 Å². The first-order valence-corrected chi connectivity index (χ1v) is 3.93. The van der Waals surface area contributed by atoms with Crippen molar-refractivity contribution in [1.29, 1.82) is 0 Å². The molecule has 0 amide bonds. The molecular weight excluding hydrogens is 112 g/mol. The fraction of sp³-hybridized carbons (Fsp3) is 1.00. The zero-order valence-electron chi connectivity index (χ0n) is 5.48. The SMILES string of the molecule is C1C[C@@H]2C[C@H]1CC21NN1. The summed E-state index contributed by atoms with van der Waals surface area (Å²) in [4.78, 5) is 0. The fourth-order valence-corrected chi connectivity index (χ4v) is 2.72. The van der Waals surface area contributed by atoms with Gasteiger partial charge in [0.1, 0.15) is 0 Å². The van der Waals surface area contributed by atoms with Crippen LogP contribution < -0.4 is 10.9 Å². The van der Waals surface area contributed by atoms with Crippen molar-refractivity contribution in [2.24, 2.45) is 11.8 Å². The Kier molecular flexibility index (Phi) is 0.616. The maximum atomic E-state index is 3.29. The van der Waals surface area contributed by atoms with Gasteiger partial charge in [-0.3, -0.25) is 0 Å². The smallest absolute Gasteiger partial charge is 0.0974 e. The molecule has 2 N–H and O–H groups in total. The normalized spacial score (nSPS) is 50.7. The fourth-order valence-electron chi connectivity index (χ4n) is 2.72. The van der Waals surface area contributed by atoms with Crippen LogP contribution in [0.15, 0.2) is 0 Å². The lowest BCUT2D eigenvalue weighted by atomic mass is 9.93. The summed E-state index contributed by atoms with van der Waals surface area (Å²) in [5, 5.41) is 0. The lowest BCUT2D eigenvalue weighted by Gasteiger charge is -2.16. The van der Waals surface area contributed by atoms with Crippen molar-refractivity contribution in [3.8, 4) is 0 Å². The summed E-state index contributed by atoms with van der Waals surface area (Å²) < 4.78 is 0. The average Bonchev–Trinajstić information content (AvgIpc) is 2.40. The van der Waals surface area contributed by atoms with Crippen LogP contribution in [0.25, 0.3) is 0 Å². The molecule has 0 aromatic heterocycles. The third-order valence-corrected chi connectivity index (χ3v) is 3.29. The van der Waals surface area contributed by atoms with Gasteiger partial charge in [-0.25, -0.2) is 10.9 Å².